The van der Waals surface area contributed by atoms with Crippen LogP contribution >= 0.6 is 0 Å². The molecule has 1 N–H and O–H groups in total. The van der Waals surface area contributed by atoms with E-state index < -0.39 is 5.60 Å². The minimum Gasteiger partial charge on any atom is -0.497 e. The molecule has 2 atom stereocenters. The van der Waals surface area contributed by atoms with Gasteiger partial charge in [0.1, 0.15) is 5.75 Å². The first-order chi connectivity index (χ1) is 8.59. The zero-order chi connectivity index (χ0) is 13.2. The number of carbonyl (C=O) groups is 1. The van der Waals surface area contributed by atoms with Crippen LogP contribution in [0.2, 0.25) is 0 Å². The van der Waals surface area contributed by atoms with Crippen molar-refractivity contribution in [3.8, 4) is 5.75 Å². The lowest BCUT2D eigenvalue weighted by Crippen LogP contribution is -2.12. The summed E-state index contributed by atoms with van der Waals surface area (Å²) in [6.45, 7) is 2.05. The zero-order valence-electron chi connectivity index (χ0n) is 11.0. The standard InChI is InChI=1S/C15H20O3/c1-3-8-15(17)10-12(15)9-14(16)11-4-6-13(18-2)7-5-11/h4-7,12,17H,3,8-10H2,1-2H3/t12-,15+/m0/s1. The van der Waals surface area contributed by atoms with E-state index in [2.05, 4.69) is 6.92 Å². The first-order valence-electron chi connectivity index (χ1n) is 6.48. The second kappa shape index (κ2) is 5.11. The van der Waals surface area contributed by atoms with Crippen LogP contribution in [0.1, 0.15) is 43.0 Å². The SMILES string of the molecule is CCC[C@@]1(O)C[C@@H]1CC(=O)c1ccc(OC)cc1. The zero-order valence-corrected chi connectivity index (χ0v) is 11.0. The Labute approximate surface area is 108 Å². The lowest BCUT2D eigenvalue weighted by molar-refractivity contribution is 0.0906. The summed E-state index contributed by atoms with van der Waals surface area (Å²) in [5.74, 6) is 1.00. The minimum atomic E-state index is -0.573. The van der Waals surface area contributed by atoms with Gasteiger partial charge < -0.3 is 9.84 Å². The Bertz CT molecular complexity index is 424. The van der Waals surface area contributed by atoms with Crippen molar-refractivity contribution in [3.05, 3.63) is 29.8 Å². The topological polar surface area (TPSA) is 46.5 Å². The molecule has 1 aromatic carbocycles. The highest BCUT2D eigenvalue weighted by Gasteiger charge is 2.52. The average molecular weight is 248 g/mol. The van der Waals surface area contributed by atoms with Crippen LogP contribution < -0.4 is 4.74 Å². The van der Waals surface area contributed by atoms with E-state index in [4.69, 9.17) is 4.74 Å². The van der Waals surface area contributed by atoms with Gasteiger partial charge in [-0.2, -0.15) is 0 Å². The number of rotatable bonds is 6. The molecular formula is C15H20O3. The van der Waals surface area contributed by atoms with Crippen molar-refractivity contribution in [2.24, 2.45) is 5.92 Å². The highest BCUT2D eigenvalue weighted by molar-refractivity contribution is 5.96. The summed E-state index contributed by atoms with van der Waals surface area (Å²) in [7, 11) is 1.60. The highest BCUT2D eigenvalue weighted by Crippen LogP contribution is 2.49. The van der Waals surface area contributed by atoms with Crippen LogP contribution in [0.5, 0.6) is 5.75 Å². The molecule has 98 valence electrons. The van der Waals surface area contributed by atoms with Gasteiger partial charge in [-0.05, 0) is 43.0 Å². The molecule has 0 aromatic heterocycles. The van der Waals surface area contributed by atoms with E-state index in [1.54, 1.807) is 31.4 Å². The van der Waals surface area contributed by atoms with Gasteiger partial charge in [0, 0.05) is 12.0 Å². The largest absolute Gasteiger partial charge is 0.497 e. The van der Waals surface area contributed by atoms with E-state index in [1.807, 2.05) is 0 Å². The van der Waals surface area contributed by atoms with Crippen LogP contribution in [-0.2, 0) is 0 Å². The molecule has 0 radical (unpaired) electrons. The summed E-state index contributed by atoms with van der Waals surface area (Å²) in [4.78, 5) is 12.0. The summed E-state index contributed by atoms with van der Waals surface area (Å²) in [6.07, 6.45) is 2.98. The Hall–Kier alpha value is -1.35. The first kappa shape index (κ1) is 13.1. The van der Waals surface area contributed by atoms with Gasteiger partial charge in [0.25, 0.3) is 0 Å². The number of methoxy groups -OCH3 is 1. The number of carbonyl (C=O) groups excluding carboxylic acids is 1. The van der Waals surface area contributed by atoms with E-state index in [0.717, 1.165) is 25.0 Å². The van der Waals surface area contributed by atoms with Crippen LogP contribution in [-0.4, -0.2) is 23.6 Å². The lowest BCUT2D eigenvalue weighted by atomic mass is 10.0. The molecule has 1 aliphatic rings. The lowest BCUT2D eigenvalue weighted by Gasteiger charge is -2.08. The third kappa shape index (κ3) is 2.72. The summed E-state index contributed by atoms with van der Waals surface area (Å²) in [6, 6.07) is 7.14. The fourth-order valence-corrected chi connectivity index (χ4v) is 2.49. The number of Topliss-reactive ketones (excluding diaryl/α,β-unsaturated/α-hetero) is 1. The summed E-state index contributed by atoms with van der Waals surface area (Å²) in [5, 5.41) is 10.1. The van der Waals surface area contributed by atoms with E-state index in [1.165, 1.54) is 0 Å². The molecule has 0 heterocycles. The molecule has 2 rings (SSSR count). The summed E-state index contributed by atoms with van der Waals surface area (Å²) < 4.78 is 5.06. The Morgan fingerprint density at radius 2 is 2.11 bits per heavy atom. The average Bonchev–Trinajstić information content (AvgIpc) is 2.99. The fraction of sp³-hybridized carbons (Fsp3) is 0.533. The minimum absolute atomic E-state index is 0.106. The Kier molecular flexibility index (Phi) is 3.71. The van der Waals surface area contributed by atoms with E-state index in [9.17, 15) is 9.90 Å². The molecule has 1 fully saturated rings. The number of benzene rings is 1. The van der Waals surface area contributed by atoms with Crippen LogP contribution in [0.4, 0.5) is 0 Å². The van der Waals surface area contributed by atoms with Gasteiger partial charge in [0.05, 0.1) is 12.7 Å². The molecule has 3 nitrogen and oxygen atoms in total. The van der Waals surface area contributed by atoms with Crippen molar-refractivity contribution in [1.29, 1.82) is 0 Å². The molecule has 1 aromatic rings. The van der Waals surface area contributed by atoms with Gasteiger partial charge in [-0.1, -0.05) is 13.3 Å². The number of ketones is 1. The highest BCUT2D eigenvalue weighted by atomic mass is 16.5. The van der Waals surface area contributed by atoms with Gasteiger partial charge in [0.15, 0.2) is 5.78 Å². The number of hydrogen-bond acceptors (Lipinski definition) is 3. The maximum atomic E-state index is 12.0. The maximum absolute atomic E-state index is 12.0. The molecule has 0 amide bonds. The van der Waals surface area contributed by atoms with Crippen LogP contribution in [0.3, 0.4) is 0 Å². The Balaban J connectivity index is 1.92. The molecule has 0 saturated heterocycles. The molecule has 18 heavy (non-hydrogen) atoms. The van der Waals surface area contributed by atoms with Crippen molar-refractivity contribution < 1.29 is 14.6 Å². The predicted octanol–water partition coefficient (Wildman–Crippen LogP) is 2.82. The molecule has 3 heteroatoms. The van der Waals surface area contributed by atoms with E-state index in [-0.39, 0.29) is 11.7 Å². The van der Waals surface area contributed by atoms with Crippen molar-refractivity contribution in [3.63, 3.8) is 0 Å². The molecule has 0 aliphatic heterocycles. The Morgan fingerprint density at radius 1 is 1.44 bits per heavy atom. The molecule has 0 bridgehead atoms. The van der Waals surface area contributed by atoms with E-state index >= 15 is 0 Å². The van der Waals surface area contributed by atoms with Crippen molar-refractivity contribution in [1.82, 2.24) is 0 Å². The monoisotopic (exact) mass is 248 g/mol. The Morgan fingerprint density at radius 3 is 2.67 bits per heavy atom. The normalized spacial score (nSPS) is 25.8. The third-order valence-corrected chi connectivity index (χ3v) is 3.73. The van der Waals surface area contributed by atoms with Gasteiger partial charge in [0.2, 0.25) is 0 Å². The molecule has 0 spiro atoms. The molecule has 0 unspecified atom stereocenters. The number of aliphatic hydroxyl groups is 1. The van der Waals surface area contributed by atoms with Crippen LogP contribution in [0, 0.1) is 5.92 Å². The van der Waals surface area contributed by atoms with Crippen LogP contribution in [0.15, 0.2) is 24.3 Å². The van der Waals surface area contributed by atoms with Crippen molar-refractivity contribution in [2.45, 2.75) is 38.2 Å². The predicted molar refractivity (Wildman–Crippen MR) is 69.9 cm³/mol. The molecule has 1 aliphatic carbocycles. The third-order valence-electron chi connectivity index (χ3n) is 3.73. The maximum Gasteiger partial charge on any atom is 0.163 e. The summed E-state index contributed by atoms with van der Waals surface area (Å²) in [5.41, 5.74) is 0.123. The van der Waals surface area contributed by atoms with Crippen molar-refractivity contribution >= 4 is 5.78 Å². The van der Waals surface area contributed by atoms with Crippen molar-refractivity contribution in [2.75, 3.05) is 7.11 Å². The molecular weight excluding hydrogens is 228 g/mol. The quantitative estimate of drug-likeness (QED) is 0.787. The summed E-state index contributed by atoms with van der Waals surface area (Å²) >= 11 is 0. The number of hydrogen-bond donors (Lipinski definition) is 1. The molecule has 1 saturated carbocycles. The van der Waals surface area contributed by atoms with Crippen LogP contribution in [0.25, 0.3) is 0 Å². The van der Waals surface area contributed by atoms with Gasteiger partial charge in [-0.15, -0.1) is 0 Å². The smallest absolute Gasteiger partial charge is 0.163 e. The van der Waals surface area contributed by atoms with E-state index in [0.29, 0.717) is 12.0 Å². The second-order valence-corrected chi connectivity index (χ2v) is 5.11. The second-order valence-electron chi connectivity index (χ2n) is 5.11. The number of ether oxygens (including phenoxy) is 1. The first-order valence-corrected chi connectivity index (χ1v) is 6.48. The fourth-order valence-electron chi connectivity index (χ4n) is 2.49. The van der Waals surface area contributed by atoms with Gasteiger partial charge in [-0.3, -0.25) is 4.79 Å². The van der Waals surface area contributed by atoms with Gasteiger partial charge in [-0.25, -0.2) is 0 Å². The van der Waals surface area contributed by atoms with Gasteiger partial charge >= 0.3 is 0 Å².